The Labute approximate surface area is 151 Å². The van der Waals surface area contributed by atoms with Crippen LogP contribution >= 0.6 is 11.3 Å². The standard InChI is InChI=1S/C18H12FN3O3S/c1-2-9-21-15-8-5-13(19)11-16(15)26-18(21)20-17(23)10-12-3-6-14(7-4-12)22(24)25/h1,3-8,11H,9-10H2. The number of carbonyl (C=O) groups excluding carboxylic acids is 1. The van der Waals surface area contributed by atoms with Gasteiger partial charge in [0.15, 0.2) is 4.80 Å². The van der Waals surface area contributed by atoms with Gasteiger partial charge in [0.1, 0.15) is 5.82 Å². The first-order chi connectivity index (χ1) is 12.5. The van der Waals surface area contributed by atoms with Crippen LogP contribution in [-0.2, 0) is 17.8 Å². The zero-order valence-corrected chi connectivity index (χ0v) is 14.2. The molecule has 3 rings (SSSR count). The van der Waals surface area contributed by atoms with Gasteiger partial charge in [-0.15, -0.1) is 6.42 Å². The second kappa shape index (κ2) is 7.29. The lowest BCUT2D eigenvalue weighted by Gasteiger charge is -2.00. The molecular weight excluding hydrogens is 357 g/mol. The normalized spacial score (nSPS) is 11.5. The summed E-state index contributed by atoms with van der Waals surface area (Å²) in [6.45, 7) is 0.204. The Hall–Kier alpha value is -3.31. The van der Waals surface area contributed by atoms with E-state index in [9.17, 15) is 19.3 Å². The summed E-state index contributed by atoms with van der Waals surface area (Å²) in [7, 11) is 0. The van der Waals surface area contributed by atoms with Gasteiger partial charge < -0.3 is 4.57 Å². The quantitative estimate of drug-likeness (QED) is 0.403. The first-order valence-corrected chi connectivity index (χ1v) is 8.33. The second-order valence-electron chi connectivity index (χ2n) is 5.39. The van der Waals surface area contributed by atoms with Gasteiger partial charge in [0.25, 0.3) is 11.6 Å². The van der Waals surface area contributed by atoms with Gasteiger partial charge in [0, 0.05) is 12.1 Å². The van der Waals surface area contributed by atoms with Crippen molar-refractivity contribution < 1.29 is 14.1 Å². The van der Waals surface area contributed by atoms with E-state index < -0.39 is 10.8 Å². The van der Waals surface area contributed by atoms with E-state index >= 15 is 0 Å². The molecule has 130 valence electrons. The number of benzene rings is 2. The zero-order chi connectivity index (χ0) is 18.7. The topological polar surface area (TPSA) is 77.5 Å². The van der Waals surface area contributed by atoms with Gasteiger partial charge in [-0.05, 0) is 23.8 Å². The fraction of sp³-hybridized carbons (Fsp3) is 0.111. The molecule has 0 aliphatic rings. The first kappa shape index (κ1) is 17.5. The monoisotopic (exact) mass is 369 g/mol. The van der Waals surface area contributed by atoms with Crippen molar-refractivity contribution >= 4 is 33.1 Å². The van der Waals surface area contributed by atoms with Gasteiger partial charge in [0.2, 0.25) is 0 Å². The summed E-state index contributed by atoms with van der Waals surface area (Å²) >= 11 is 1.17. The zero-order valence-electron chi connectivity index (χ0n) is 13.4. The predicted octanol–water partition coefficient (Wildman–Crippen LogP) is 3.05. The molecule has 3 aromatic rings. The van der Waals surface area contributed by atoms with Crippen LogP contribution in [0.5, 0.6) is 0 Å². The third-order valence-electron chi connectivity index (χ3n) is 3.62. The Morgan fingerprint density at radius 3 is 2.69 bits per heavy atom. The fourth-order valence-electron chi connectivity index (χ4n) is 2.43. The number of nitro benzene ring substituents is 1. The molecule has 0 spiro atoms. The van der Waals surface area contributed by atoms with Crippen molar-refractivity contribution in [1.29, 1.82) is 0 Å². The van der Waals surface area contributed by atoms with Gasteiger partial charge in [0.05, 0.1) is 28.1 Å². The van der Waals surface area contributed by atoms with Crippen LogP contribution < -0.4 is 4.80 Å². The summed E-state index contributed by atoms with van der Waals surface area (Å²) < 4.78 is 15.7. The number of aromatic nitrogens is 1. The summed E-state index contributed by atoms with van der Waals surface area (Å²) in [6, 6.07) is 9.99. The molecule has 1 aromatic heterocycles. The molecule has 0 N–H and O–H groups in total. The Morgan fingerprint density at radius 2 is 2.04 bits per heavy atom. The number of halogens is 1. The number of hydrogen-bond donors (Lipinski definition) is 0. The van der Waals surface area contributed by atoms with Gasteiger partial charge in [-0.2, -0.15) is 4.99 Å². The maximum absolute atomic E-state index is 13.4. The molecule has 0 atom stereocenters. The molecule has 0 unspecified atom stereocenters. The number of nitrogens with zero attached hydrogens (tertiary/aromatic N) is 3. The fourth-order valence-corrected chi connectivity index (χ4v) is 3.50. The molecule has 0 fully saturated rings. The molecule has 0 radical (unpaired) electrons. The molecule has 0 saturated carbocycles. The van der Waals surface area contributed by atoms with E-state index in [1.165, 1.54) is 47.7 Å². The van der Waals surface area contributed by atoms with Gasteiger partial charge in [-0.25, -0.2) is 4.39 Å². The van der Waals surface area contributed by atoms with Crippen molar-refractivity contribution in [3.05, 3.63) is 68.8 Å². The van der Waals surface area contributed by atoms with Crippen molar-refractivity contribution in [2.75, 3.05) is 0 Å². The van der Waals surface area contributed by atoms with Crippen LogP contribution in [0, 0.1) is 28.3 Å². The van der Waals surface area contributed by atoms with Crippen LogP contribution in [0.2, 0.25) is 0 Å². The number of carbonyl (C=O) groups is 1. The predicted molar refractivity (Wildman–Crippen MR) is 96.0 cm³/mol. The van der Waals surface area contributed by atoms with Crippen LogP contribution in [0.3, 0.4) is 0 Å². The highest BCUT2D eigenvalue weighted by Gasteiger charge is 2.10. The number of terminal acetylenes is 1. The van der Waals surface area contributed by atoms with Crippen molar-refractivity contribution in [3.8, 4) is 12.3 Å². The van der Waals surface area contributed by atoms with E-state index in [2.05, 4.69) is 10.9 Å². The second-order valence-corrected chi connectivity index (χ2v) is 6.40. The Kier molecular flexibility index (Phi) is 4.91. The van der Waals surface area contributed by atoms with E-state index in [0.717, 1.165) is 0 Å². The number of amides is 1. The lowest BCUT2D eigenvalue weighted by atomic mass is 10.1. The average molecular weight is 369 g/mol. The van der Waals surface area contributed by atoms with Crippen LogP contribution in [0.25, 0.3) is 10.2 Å². The third kappa shape index (κ3) is 3.68. The van der Waals surface area contributed by atoms with Crippen LogP contribution in [-0.4, -0.2) is 15.4 Å². The van der Waals surface area contributed by atoms with E-state index in [1.807, 2.05) is 0 Å². The van der Waals surface area contributed by atoms with Crippen LogP contribution in [0.4, 0.5) is 10.1 Å². The maximum Gasteiger partial charge on any atom is 0.269 e. The lowest BCUT2D eigenvalue weighted by Crippen LogP contribution is -2.17. The molecule has 26 heavy (non-hydrogen) atoms. The highest BCUT2D eigenvalue weighted by molar-refractivity contribution is 7.16. The van der Waals surface area contributed by atoms with E-state index in [1.54, 1.807) is 10.6 Å². The summed E-state index contributed by atoms with van der Waals surface area (Å²) in [5.74, 6) is 1.70. The highest BCUT2D eigenvalue weighted by Crippen LogP contribution is 2.18. The first-order valence-electron chi connectivity index (χ1n) is 7.51. The minimum Gasteiger partial charge on any atom is -0.305 e. The van der Waals surface area contributed by atoms with Crippen molar-refractivity contribution in [1.82, 2.24) is 4.57 Å². The largest absolute Gasteiger partial charge is 0.305 e. The minimum atomic E-state index is -0.505. The van der Waals surface area contributed by atoms with Crippen molar-refractivity contribution in [3.63, 3.8) is 0 Å². The van der Waals surface area contributed by atoms with Gasteiger partial charge >= 0.3 is 0 Å². The Balaban J connectivity index is 1.93. The molecule has 1 amide bonds. The smallest absolute Gasteiger partial charge is 0.269 e. The third-order valence-corrected chi connectivity index (χ3v) is 4.66. The summed E-state index contributed by atoms with van der Waals surface area (Å²) in [5, 5.41) is 10.7. The number of rotatable bonds is 4. The van der Waals surface area contributed by atoms with E-state index in [4.69, 9.17) is 6.42 Å². The lowest BCUT2D eigenvalue weighted by molar-refractivity contribution is -0.384. The Bertz CT molecular complexity index is 1110. The minimum absolute atomic E-state index is 0.00332. The number of non-ortho nitro benzene ring substituents is 1. The molecule has 0 bridgehead atoms. The molecule has 8 heteroatoms. The van der Waals surface area contributed by atoms with Gasteiger partial charge in [-0.3, -0.25) is 14.9 Å². The van der Waals surface area contributed by atoms with Crippen LogP contribution in [0.15, 0.2) is 47.5 Å². The molecule has 0 aliphatic carbocycles. The van der Waals surface area contributed by atoms with Crippen molar-refractivity contribution in [2.24, 2.45) is 4.99 Å². The highest BCUT2D eigenvalue weighted by atomic mass is 32.1. The summed E-state index contributed by atoms with van der Waals surface area (Å²) in [6.07, 6.45) is 5.38. The number of hydrogen-bond acceptors (Lipinski definition) is 4. The summed E-state index contributed by atoms with van der Waals surface area (Å²) in [5.41, 5.74) is 1.27. The van der Waals surface area contributed by atoms with E-state index in [0.29, 0.717) is 20.6 Å². The molecule has 1 heterocycles. The molecule has 6 nitrogen and oxygen atoms in total. The molecule has 2 aromatic carbocycles. The van der Waals surface area contributed by atoms with Crippen molar-refractivity contribution in [2.45, 2.75) is 13.0 Å². The van der Waals surface area contributed by atoms with E-state index in [-0.39, 0.29) is 24.5 Å². The molecular formula is C18H12FN3O3S. The SMILES string of the molecule is C#CCn1c(=NC(=O)Cc2ccc([N+](=O)[O-])cc2)sc2cc(F)ccc21. The van der Waals surface area contributed by atoms with Gasteiger partial charge in [-0.1, -0.05) is 29.4 Å². The molecule has 0 aliphatic heterocycles. The number of thiazole rings is 1. The average Bonchev–Trinajstić information content (AvgIpc) is 2.92. The maximum atomic E-state index is 13.4. The molecule has 0 saturated heterocycles. The van der Waals surface area contributed by atoms with Crippen LogP contribution in [0.1, 0.15) is 5.56 Å². The Morgan fingerprint density at radius 1 is 1.31 bits per heavy atom. The number of fused-ring (bicyclic) bond motifs is 1. The summed E-state index contributed by atoms with van der Waals surface area (Å²) in [4.78, 5) is 26.9. The number of nitro groups is 1.